The van der Waals surface area contributed by atoms with Crippen molar-refractivity contribution >= 4 is 26.7 Å². The maximum Gasteiger partial charge on any atom is 0.259 e. The van der Waals surface area contributed by atoms with E-state index in [9.17, 15) is 8.42 Å². The summed E-state index contributed by atoms with van der Waals surface area (Å²) in [6.45, 7) is 3.06. The molecule has 33 heavy (non-hydrogen) atoms. The van der Waals surface area contributed by atoms with Crippen molar-refractivity contribution in [3.8, 4) is 5.75 Å². The number of ether oxygens (including phenoxy) is 2. The fraction of sp³-hybridized carbons (Fsp3) is 0.500. The number of nitrogens with one attached hydrogen (secondary N) is 1. The number of hydrogen-bond acceptors (Lipinski definition) is 8. The normalized spacial score (nSPS) is 21.9. The highest BCUT2D eigenvalue weighted by Gasteiger charge is 2.28. The van der Waals surface area contributed by atoms with Crippen molar-refractivity contribution in [1.29, 1.82) is 0 Å². The minimum absolute atomic E-state index is 0.00857. The smallest absolute Gasteiger partial charge is 0.259 e. The van der Waals surface area contributed by atoms with Gasteiger partial charge in [0.1, 0.15) is 11.3 Å². The predicted molar refractivity (Wildman–Crippen MR) is 123 cm³/mol. The summed E-state index contributed by atoms with van der Waals surface area (Å²) in [5.41, 5.74) is 2.60. The van der Waals surface area contributed by atoms with Crippen LogP contribution in [-0.2, 0) is 21.8 Å². The topological polar surface area (TPSA) is 111 Å². The standard InChI is InChI=1S/C22H28N6O4S/c1-27-14-21(25-15-27)33(29,30)26-16-2-4-18(5-3-16)32-20-13-17(28-8-10-31-11-9-28)12-19-22(20)24-7-6-23-19/h6-7,12-16,18,26H,2-5,8-11H2,1H3/t16-,18+. The molecule has 1 N–H and O–H groups in total. The summed E-state index contributed by atoms with van der Waals surface area (Å²) in [5.74, 6) is 0.722. The molecule has 2 aliphatic rings. The van der Waals surface area contributed by atoms with Gasteiger partial charge in [0.05, 0.1) is 31.2 Å². The molecule has 2 fully saturated rings. The highest BCUT2D eigenvalue weighted by molar-refractivity contribution is 7.89. The highest BCUT2D eigenvalue weighted by atomic mass is 32.2. The lowest BCUT2D eigenvalue weighted by Gasteiger charge is -2.31. The first kappa shape index (κ1) is 22.1. The molecule has 0 unspecified atom stereocenters. The van der Waals surface area contributed by atoms with E-state index in [2.05, 4.69) is 24.6 Å². The SMILES string of the molecule is Cn1cnc(S(=O)(=O)N[C@H]2CC[C@@H](Oc3cc(N4CCOCC4)cc4nccnc34)CC2)c1. The number of benzene rings is 1. The van der Waals surface area contributed by atoms with Crippen molar-refractivity contribution in [2.24, 2.45) is 7.05 Å². The molecule has 0 radical (unpaired) electrons. The van der Waals surface area contributed by atoms with E-state index in [4.69, 9.17) is 9.47 Å². The van der Waals surface area contributed by atoms with Gasteiger partial charge in [0.2, 0.25) is 0 Å². The summed E-state index contributed by atoms with van der Waals surface area (Å²) in [6.07, 6.45) is 9.24. The number of morpholine rings is 1. The second kappa shape index (κ2) is 9.24. The molecule has 1 saturated heterocycles. The van der Waals surface area contributed by atoms with Crippen LogP contribution in [-0.4, -0.2) is 66.4 Å². The summed E-state index contributed by atoms with van der Waals surface area (Å²) < 4.78 is 41.5. The van der Waals surface area contributed by atoms with Crippen LogP contribution in [0.25, 0.3) is 11.0 Å². The second-order valence-electron chi connectivity index (χ2n) is 8.56. The van der Waals surface area contributed by atoms with Gasteiger partial charge >= 0.3 is 0 Å². The van der Waals surface area contributed by atoms with Gasteiger partial charge < -0.3 is 18.9 Å². The molecule has 0 amide bonds. The van der Waals surface area contributed by atoms with Crippen LogP contribution >= 0.6 is 0 Å². The number of sulfonamides is 1. The van der Waals surface area contributed by atoms with Gasteiger partial charge in [-0.2, -0.15) is 0 Å². The molecule has 1 saturated carbocycles. The third-order valence-electron chi connectivity index (χ3n) is 6.15. The number of fused-ring (bicyclic) bond motifs is 1. The maximum absolute atomic E-state index is 12.6. The number of aryl methyl sites for hydroxylation is 1. The first-order valence-corrected chi connectivity index (χ1v) is 12.7. The van der Waals surface area contributed by atoms with E-state index in [1.54, 1.807) is 24.0 Å². The Morgan fingerprint density at radius 1 is 1.06 bits per heavy atom. The van der Waals surface area contributed by atoms with Crippen molar-refractivity contribution in [3.63, 3.8) is 0 Å². The van der Waals surface area contributed by atoms with Gasteiger partial charge in [0, 0.05) is 56.5 Å². The first-order chi connectivity index (χ1) is 16.0. The van der Waals surface area contributed by atoms with E-state index in [1.807, 2.05) is 12.1 Å². The highest BCUT2D eigenvalue weighted by Crippen LogP contribution is 2.33. The Morgan fingerprint density at radius 2 is 1.82 bits per heavy atom. The number of aromatic nitrogens is 4. The summed E-state index contributed by atoms with van der Waals surface area (Å²) in [6, 6.07) is 3.95. The van der Waals surface area contributed by atoms with E-state index in [0.29, 0.717) is 26.1 Å². The number of hydrogen-bond donors (Lipinski definition) is 1. The molecule has 11 heteroatoms. The molecule has 3 aromatic rings. The van der Waals surface area contributed by atoms with E-state index < -0.39 is 10.0 Å². The molecule has 5 rings (SSSR count). The van der Waals surface area contributed by atoms with Crippen molar-refractivity contribution < 1.29 is 17.9 Å². The number of rotatable bonds is 6. The molecule has 0 spiro atoms. The van der Waals surface area contributed by atoms with Crippen LogP contribution in [0.3, 0.4) is 0 Å². The van der Waals surface area contributed by atoms with Gasteiger partial charge in [-0.25, -0.2) is 23.1 Å². The van der Waals surface area contributed by atoms with Gasteiger partial charge in [0.15, 0.2) is 5.03 Å². The number of anilines is 1. The lowest BCUT2D eigenvalue weighted by Crippen LogP contribution is -2.39. The van der Waals surface area contributed by atoms with Gasteiger partial charge in [-0.05, 0) is 31.7 Å². The molecule has 0 atom stereocenters. The Kier molecular flexibility index (Phi) is 6.17. The van der Waals surface area contributed by atoms with Crippen LogP contribution in [0.5, 0.6) is 5.75 Å². The summed E-state index contributed by atoms with van der Waals surface area (Å²) >= 11 is 0. The Labute approximate surface area is 193 Å². The minimum Gasteiger partial charge on any atom is -0.488 e. The summed E-state index contributed by atoms with van der Waals surface area (Å²) in [4.78, 5) is 15.2. The molecule has 10 nitrogen and oxygen atoms in total. The van der Waals surface area contributed by atoms with Gasteiger partial charge in [-0.3, -0.25) is 4.98 Å². The lowest BCUT2D eigenvalue weighted by atomic mass is 9.93. The average Bonchev–Trinajstić information content (AvgIpc) is 3.28. The van der Waals surface area contributed by atoms with Crippen molar-refractivity contribution in [2.75, 3.05) is 31.2 Å². The summed E-state index contributed by atoms with van der Waals surface area (Å²) in [7, 11) is -1.87. The van der Waals surface area contributed by atoms with Crippen LogP contribution in [0.2, 0.25) is 0 Å². The first-order valence-electron chi connectivity index (χ1n) is 11.2. The predicted octanol–water partition coefficient (Wildman–Crippen LogP) is 1.87. The second-order valence-corrected chi connectivity index (χ2v) is 10.2. The fourth-order valence-electron chi connectivity index (χ4n) is 4.41. The Bertz CT molecular complexity index is 1220. The van der Waals surface area contributed by atoms with E-state index in [0.717, 1.165) is 48.4 Å². The zero-order chi connectivity index (χ0) is 22.8. The third kappa shape index (κ3) is 4.94. The van der Waals surface area contributed by atoms with Gasteiger partial charge in [-0.1, -0.05) is 0 Å². The maximum atomic E-state index is 12.6. The quantitative estimate of drug-likeness (QED) is 0.579. The largest absolute Gasteiger partial charge is 0.488 e. The molecule has 1 aliphatic heterocycles. The fourth-order valence-corrected chi connectivity index (χ4v) is 5.69. The van der Waals surface area contributed by atoms with Gasteiger partial charge in [-0.15, -0.1) is 0 Å². The van der Waals surface area contributed by atoms with Crippen LogP contribution < -0.4 is 14.4 Å². The molecule has 3 heterocycles. The van der Waals surface area contributed by atoms with Crippen molar-refractivity contribution in [2.45, 2.75) is 42.9 Å². The zero-order valence-electron chi connectivity index (χ0n) is 18.6. The van der Waals surface area contributed by atoms with Crippen molar-refractivity contribution in [1.82, 2.24) is 24.2 Å². The zero-order valence-corrected chi connectivity index (χ0v) is 19.4. The Hall–Kier alpha value is -2.76. The summed E-state index contributed by atoms with van der Waals surface area (Å²) in [5, 5.41) is 0.0494. The van der Waals surface area contributed by atoms with Crippen LogP contribution in [0, 0.1) is 0 Å². The molecule has 176 valence electrons. The Balaban J connectivity index is 1.27. The number of imidazole rings is 1. The number of nitrogens with zero attached hydrogens (tertiary/aromatic N) is 5. The van der Waals surface area contributed by atoms with E-state index in [1.165, 1.54) is 12.5 Å². The van der Waals surface area contributed by atoms with Crippen LogP contribution in [0.1, 0.15) is 25.7 Å². The van der Waals surface area contributed by atoms with Gasteiger partial charge in [0.25, 0.3) is 10.0 Å². The van der Waals surface area contributed by atoms with E-state index in [-0.39, 0.29) is 17.2 Å². The molecule has 2 aromatic heterocycles. The lowest BCUT2D eigenvalue weighted by molar-refractivity contribution is 0.122. The Morgan fingerprint density at radius 3 is 2.55 bits per heavy atom. The van der Waals surface area contributed by atoms with E-state index >= 15 is 0 Å². The molecular weight excluding hydrogens is 444 g/mol. The van der Waals surface area contributed by atoms with Crippen LogP contribution in [0.15, 0.2) is 42.1 Å². The average molecular weight is 473 g/mol. The third-order valence-corrected chi connectivity index (χ3v) is 7.55. The van der Waals surface area contributed by atoms with Crippen molar-refractivity contribution in [3.05, 3.63) is 37.1 Å². The minimum atomic E-state index is -3.62. The van der Waals surface area contributed by atoms with Crippen LogP contribution in [0.4, 0.5) is 5.69 Å². The molecule has 1 aromatic carbocycles. The monoisotopic (exact) mass is 472 g/mol. The molecule has 1 aliphatic carbocycles. The molecule has 0 bridgehead atoms. The molecular formula is C22H28N6O4S.